The summed E-state index contributed by atoms with van der Waals surface area (Å²) in [5, 5.41) is 19.0. The fraction of sp³-hybridized carbons (Fsp3) is 0.925. The second-order valence-corrected chi connectivity index (χ2v) is 19.8. The Bertz CT molecular complexity index is 1060. The predicted molar refractivity (Wildman–Crippen MR) is 219 cm³/mol. The first-order valence-corrected chi connectivity index (χ1v) is 21.5. The van der Waals surface area contributed by atoms with Crippen molar-refractivity contribution < 1.29 is 0 Å². The lowest BCUT2D eigenvalue weighted by atomic mass is 9.53. The molecular weight excluding hydrogens is 675 g/mol. The molecule has 12 aliphatic rings. The average molecular weight is 744 g/mol. The van der Waals surface area contributed by atoms with Gasteiger partial charge in [-0.05, 0) is 225 Å². The fourth-order valence-electron chi connectivity index (χ4n) is 14.2. The molecule has 0 unspecified atom stereocenters. The Kier molecular flexibility index (Phi) is 12.9. The van der Waals surface area contributed by atoms with Gasteiger partial charge in [-0.3, -0.25) is 0 Å². The van der Waals surface area contributed by atoms with Crippen molar-refractivity contribution in [3.8, 4) is 0 Å². The van der Waals surface area contributed by atoms with E-state index >= 15 is 0 Å². The summed E-state index contributed by atoms with van der Waals surface area (Å²) in [4.78, 5) is 4.48. The van der Waals surface area contributed by atoms with Gasteiger partial charge in [-0.1, -0.05) is 7.43 Å². The van der Waals surface area contributed by atoms with Crippen LogP contribution in [0.15, 0.2) is 4.99 Å². The Morgan fingerprint density at radius 1 is 0.540 bits per heavy atom. The number of hydrogen-bond donors (Lipinski definition) is 6. The van der Waals surface area contributed by atoms with Gasteiger partial charge in [0, 0.05) is 30.8 Å². The number of nitrogens with zero attached hydrogens (tertiary/aromatic N) is 1. The highest BCUT2D eigenvalue weighted by Gasteiger charge is 2.53. The fourth-order valence-corrected chi connectivity index (χ4v) is 15.1. The molecule has 50 heavy (non-hydrogen) atoms. The first kappa shape index (κ1) is 38.8. The first-order chi connectivity index (χ1) is 23.7. The molecule has 0 atom stereocenters. The van der Waals surface area contributed by atoms with Gasteiger partial charge in [-0.15, -0.1) is 0 Å². The molecule has 0 aromatic carbocycles. The van der Waals surface area contributed by atoms with Crippen LogP contribution < -0.4 is 32.7 Å². The highest BCUT2D eigenvalue weighted by molar-refractivity contribution is 7.80. The van der Waals surface area contributed by atoms with Gasteiger partial charge in [0.1, 0.15) is 0 Å². The van der Waals surface area contributed by atoms with Crippen molar-refractivity contribution in [2.45, 2.75) is 159 Å². The Morgan fingerprint density at radius 3 is 1.10 bits per heavy atom. The van der Waals surface area contributed by atoms with Crippen LogP contribution in [0.5, 0.6) is 0 Å². The summed E-state index contributed by atoms with van der Waals surface area (Å²) in [5.74, 6) is 8.68. The molecule has 282 valence electrons. The van der Waals surface area contributed by atoms with E-state index in [1.807, 2.05) is 0 Å². The van der Waals surface area contributed by atoms with E-state index in [4.69, 9.17) is 36.7 Å². The van der Waals surface area contributed by atoms with Crippen LogP contribution >= 0.6 is 36.7 Å². The van der Waals surface area contributed by atoms with Gasteiger partial charge in [0.05, 0.1) is 10.7 Å². The third-order valence-corrected chi connectivity index (χ3v) is 15.1. The number of unbranched alkanes of at least 4 members (excludes halogenated alkanes) is 2. The molecule has 12 aliphatic carbocycles. The van der Waals surface area contributed by atoms with Crippen molar-refractivity contribution >= 4 is 52.0 Å². The predicted octanol–water partition coefficient (Wildman–Crippen LogP) is 7.58. The normalized spacial score (nSPS) is 42.9. The SMILES string of the molecule is C.NCN.S=C(NCCCCCNC(=S)NC12CC3CC(CC(C3)C1)C2)NC12CC3CC(CC(C3)C1)C2.S=C=NC12CC3CC(CC(C3)C1)C2. The molecule has 0 heterocycles. The van der Waals surface area contributed by atoms with Gasteiger partial charge < -0.3 is 32.7 Å². The monoisotopic (exact) mass is 743 g/mol. The van der Waals surface area contributed by atoms with E-state index in [0.29, 0.717) is 11.1 Å². The molecular formula is C40H69N7S3. The van der Waals surface area contributed by atoms with E-state index in [9.17, 15) is 0 Å². The van der Waals surface area contributed by atoms with E-state index in [-0.39, 0.29) is 19.6 Å². The van der Waals surface area contributed by atoms with Crippen LogP contribution in [0.25, 0.3) is 0 Å². The van der Waals surface area contributed by atoms with E-state index in [0.717, 1.165) is 76.6 Å². The van der Waals surface area contributed by atoms with Crippen LogP contribution in [0.4, 0.5) is 0 Å². The van der Waals surface area contributed by atoms with Crippen LogP contribution in [-0.4, -0.2) is 51.8 Å². The molecule has 0 aromatic heterocycles. The maximum Gasteiger partial charge on any atom is 0.166 e. The topological polar surface area (TPSA) is 113 Å². The van der Waals surface area contributed by atoms with Gasteiger partial charge in [0.2, 0.25) is 0 Å². The summed E-state index contributed by atoms with van der Waals surface area (Å²) < 4.78 is 0. The second-order valence-electron chi connectivity index (χ2n) is 18.8. The molecule has 7 nitrogen and oxygen atoms in total. The molecule has 0 radical (unpaired) electrons. The van der Waals surface area contributed by atoms with Gasteiger partial charge in [0.25, 0.3) is 0 Å². The van der Waals surface area contributed by atoms with Crippen molar-refractivity contribution in [2.24, 2.45) is 69.7 Å². The number of aliphatic imine (C=N–C) groups is 1. The molecule has 0 spiro atoms. The molecule has 12 saturated carbocycles. The van der Waals surface area contributed by atoms with Gasteiger partial charge >= 0.3 is 0 Å². The number of nitrogens with one attached hydrogen (secondary N) is 4. The van der Waals surface area contributed by atoms with E-state index in [2.05, 4.69) is 42.9 Å². The Morgan fingerprint density at radius 2 is 0.820 bits per heavy atom. The Balaban J connectivity index is 0.000000211. The molecule has 12 rings (SSSR count). The highest BCUT2D eigenvalue weighted by Crippen LogP contribution is 2.58. The standard InChI is InChI=1S/C27H44N4S2.C11H15NS.CH6N2.CH4/c32-24(30-26-12-18-6-19(13-26)8-20(7-18)14-26)28-4-2-1-3-5-29-25(33)31-27-15-21-9-22(16-27)11-23(10-21)17-27;13-7-12-11-4-8-1-9(5-11)3-10(2-8)6-11;2-1-3;/h18-23H,1-17H2,(H2,28,30,32)(H2,29,31,33);8-10H,1-6H2;1-3H2;1H4. The molecule has 8 N–H and O–H groups in total. The van der Waals surface area contributed by atoms with E-state index in [1.54, 1.807) is 0 Å². The number of hydrogen-bond acceptors (Lipinski definition) is 6. The molecule has 0 aromatic rings. The Hall–Kier alpha value is -0.900. The number of nitrogens with two attached hydrogens (primary N) is 2. The third-order valence-electron chi connectivity index (χ3n) is 14.5. The van der Waals surface area contributed by atoms with Crippen molar-refractivity contribution in [3.05, 3.63) is 0 Å². The maximum atomic E-state index is 5.69. The number of thiocarbonyl (C=S) groups is 3. The Labute approximate surface area is 320 Å². The quantitative estimate of drug-likeness (QED) is 0.0617. The second kappa shape index (κ2) is 16.6. The van der Waals surface area contributed by atoms with E-state index in [1.165, 1.54) is 135 Å². The lowest BCUT2D eigenvalue weighted by molar-refractivity contribution is -0.0103. The molecule has 0 aliphatic heterocycles. The van der Waals surface area contributed by atoms with Crippen molar-refractivity contribution in [1.82, 2.24) is 21.3 Å². The summed E-state index contributed by atoms with van der Waals surface area (Å²) >= 11 is 16.1. The van der Waals surface area contributed by atoms with Gasteiger partial charge in [-0.2, -0.15) is 0 Å². The number of rotatable bonds is 9. The maximum absolute atomic E-state index is 5.69. The molecule has 0 amide bonds. The zero-order chi connectivity index (χ0) is 34.1. The minimum Gasteiger partial charge on any atom is -0.363 e. The summed E-state index contributed by atoms with van der Waals surface area (Å²) in [6.45, 7) is 2.21. The summed E-state index contributed by atoms with van der Waals surface area (Å²) in [6.07, 6.45) is 28.9. The smallest absolute Gasteiger partial charge is 0.166 e. The minimum absolute atomic E-state index is 0. The van der Waals surface area contributed by atoms with Crippen molar-refractivity contribution in [1.29, 1.82) is 0 Å². The largest absolute Gasteiger partial charge is 0.363 e. The molecule has 12 fully saturated rings. The van der Waals surface area contributed by atoms with Crippen molar-refractivity contribution in [2.75, 3.05) is 19.8 Å². The van der Waals surface area contributed by atoms with Crippen LogP contribution in [0, 0.1) is 53.3 Å². The molecule has 0 saturated heterocycles. The molecule has 12 bridgehead atoms. The van der Waals surface area contributed by atoms with Crippen molar-refractivity contribution in [3.63, 3.8) is 0 Å². The van der Waals surface area contributed by atoms with E-state index < -0.39 is 0 Å². The minimum atomic E-state index is 0. The van der Waals surface area contributed by atoms with Gasteiger partial charge in [0.15, 0.2) is 10.2 Å². The highest BCUT2D eigenvalue weighted by atomic mass is 32.1. The first-order valence-electron chi connectivity index (χ1n) is 20.3. The summed E-state index contributed by atoms with van der Waals surface area (Å²) in [6, 6.07) is 0. The average Bonchev–Trinajstić information content (AvgIpc) is 2.99. The lowest BCUT2D eigenvalue weighted by Gasteiger charge is -2.57. The molecule has 10 heteroatoms. The third kappa shape index (κ3) is 9.24. The van der Waals surface area contributed by atoms with Gasteiger partial charge in [-0.25, -0.2) is 4.99 Å². The van der Waals surface area contributed by atoms with Crippen LogP contribution in [0.1, 0.15) is 142 Å². The van der Waals surface area contributed by atoms with Crippen LogP contribution in [-0.2, 0) is 0 Å². The zero-order valence-electron chi connectivity index (χ0n) is 30.0. The summed E-state index contributed by atoms with van der Waals surface area (Å²) in [5.41, 5.74) is 10.2. The lowest BCUT2D eigenvalue weighted by Crippen LogP contribution is -2.61. The number of isothiocyanates is 1. The van der Waals surface area contributed by atoms with Crippen LogP contribution in [0.3, 0.4) is 0 Å². The van der Waals surface area contributed by atoms with Crippen LogP contribution in [0.2, 0.25) is 0 Å². The summed E-state index contributed by atoms with van der Waals surface area (Å²) in [7, 11) is 0. The zero-order valence-corrected chi connectivity index (χ0v) is 32.4.